The van der Waals surface area contributed by atoms with Gasteiger partial charge in [0, 0.05) is 11.0 Å². The monoisotopic (exact) mass is 297 g/mol. The lowest BCUT2D eigenvalue weighted by Crippen LogP contribution is -2.29. The summed E-state index contributed by atoms with van der Waals surface area (Å²) in [4.78, 5) is 24.7. The maximum Gasteiger partial charge on any atom is 0.299 e. The zero-order valence-electron chi connectivity index (χ0n) is 9.04. The van der Waals surface area contributed by atoms with E-state index in [0.29, 0.717) is 16.7 Å². The first kappa shape index (κ1) is 12.0. The molecule has 0 saturated carbocycles. The number of nitrogens with zero attached hydrogens (tertiary/aromatic N) is 1. The Bertz CT molecular complexity index is 540. The number of fused-ring (bicyclic) bond motifs is 1. The number of halogens is 2. The van der Waals surface area contributed by atoms with Gasteiger partial charge >= 0.3 is 0 Å². The highest BCUT2D eigenvalue weighted by Gasteiger charge is 2.37. The van der Waals surface area contributed by atoms with Crippen LogP contribution in [-0.4, -0.2) is 18.2 Å². The Morgan fingerprint density at radius 3 is 2.76 bits per heavy atom. The van der Waals surface area contributed by atoms with Crippen LogP contribution >= 0.6 is 15.9 Å². The van der Waals surface area contributed by atoms with Crippen LogP contribution in [0.4, 0.5) is 10.1 Å². The zero-order chi connectivity index (χ0) is 12.6. The molecular weight excluding hydrogens is 289 g/mol. The Hall–Kier alpha value is -1.49. The van der Waals surface area contributed by atoms with Crippen LogP contribution in [0, 0.1) is 5.82 Å². The molecule has 88 valence electrons. The van der Waals surface area contributed by atoms with Gasteiger partial charge in [-0.15, -0.1) is 0 Å². The highest BCUT2D eigenvalue weighted by atomic mass is 79.9. The molecule has 0 aliphatic carbocycles. The van der Waals surface area contributed by atoms with Crippen molar-refractivity contribution in [1.29, 1.82) is 0 Å². The molecule has 0 aromatic heterocycles. The molecular formula is C12H9BrFNO2. The zero-order valence-corrected chi connectivity index (χ0v) is 10.6. The molecule has 0 radical (unpaired) electrons. The number of carbonyl (C=O) groups is 2. The van der Waals surface area contributed by atoms with Gasteiger partial charge in [0.2, 0.25) is 0 Å². The van der Waals surface area contributed by atoms with Crippen LogP contribution in [0.3, 0.4) is 0 Å². The standard InChI is InChI=1S/C12H9BrFNO2/c1-2-3-4-15-10-8(11(16)12(15)17)5-7(14)6-9(10)13/h2-3,5-6H,4H2,1H3. The Morgan fingerprint density at radius 1 is 1.41 bits per heavy atom. The number of amides is 1. The van der Waals surface area contributed by atoms with E-state index < -0.39 is 17.5 Å². The van der Waals surface area contributed by atoms with Gasteiger partial charge in [-0.25, -0.2) is 4.39 Å². The number of rotatable bonds is 2. The highest BCUT2D eigenvalue weighted by molar-refractivity contribution is 9.10. The number of allylic oxidation sites excluding steroid dienone is 1. The summed E-state index contributed by atoms with van der Waals surface area (Å²) in [6, 6.07) is 2.34. The van der Waals surface area contributed by atoms with Crippen LogP contribution < -0.4 is 4.90 Å². The molecule has 1 aliphatic rings. The van der Waals surface area contributed by atoms with Crippen molar-refractivity contribution in [3.8, 4) is 0 Å². The van der Waals surface area contributed by atoms with E-state index in [-0.39, 0.29) is 5.56 Å². The molecule has 0 unspecified atom stereocenters. The van der Waals surface area contributed by atoms with Gasteiger partial charge in [0.05, 0.1) is 11.3 Å². The van der Waals surface area contributed by atoms with Crippen molar-refractivity contribution in [3.63, 3.8) is 0 Å². The first-order valence-electron chi connectivity index (χ1n) is 5.02. The lowest BCUT2D eigenvalue weighted by Gasteiger charge is -2.15. The Balaban J connectivity index is 2.56. The minimum absolute atomic E-state index is 0.117. The molecule has 1 aliphatic heterocycles. The predicted molar refractivity (Wildman–Crippen MR) is 65.6 cm³/mol. The summed E-state index contributed by atoms with van der Waals surface area (Å²) in [5.74, 6) is -1.82. The van der Waals surface area contributed by atoms with Gasteiger partial charge in [-0.05, 0) is 35.0 Å². The number of hydrogen-bond acceptors (Lipinski definition) is 2. The molecule has 17 heavy (non-hydrogen) atoms. The van der Waals surface area contributed by atoms with Crippen molar-refractivity contribution in [1.82, 2.24) is 0 Å². The predicted octanol–water partition coefficient (Wildman–Crippen LogP) is 2.69. The summed E-state index contributed by atoms with van der Waals surface area (Å²) < 4.78 is 13.6. The summed E-state index contributed by atoms with van der Waals surface area (Å²) in [5, 5.41) is 0. The molecule has 5 heteroatoms. The second-order valence-electron chi connectivity index (χ2n) is 3.60. The van der Waals surface area contributed by atoms with E-state index in [1.54, 1.807) is 12.2 Å². The number of benzene rings is 1. The van der Waals surface area contributed by atoms with Crippen molar-refractivity contribution in [2.24, 2.45) is 0 Å². The van der Waals surface area contributed by atoms with Crippen LogP contribution in [0.15, 0.2) is 28.8 Å². The van der Waals surface area contributed by atoms with Gasteiger partial charge < -0.3 is 0 Å². The molecule has 0 saturated heterocycles. The van der Waals surface area contributed by atoms with E-state index in [0.717, 1.165) is 6.07 Å². The average molecular weight is 298 g/mol. The van der Waals surface area contributed by atoms with Gasteiger partial charge in [-0.1, -0.05) is 12.2 Å². The van der Waals surface area contributed by atoms with Crippen LogP contribution in [0.5, 0.6) is 0 Å². The van der Waals surface area contributed by atoms with Crippen LogP contribution in [-0.2, 0) is 4.79 Å². The number of anilines is 1. The summed E-state index contributed by atoms with van der Waals surface area (Å²) >= 11 is 3.18. The second kappa shape index (κ2) is 4.41. The smallest absolute Gasteiger partial charge is 0.299 e. The number of Topliss-reactive ketones (excluding diaryl/α,β-unsaturated/α-hetero) is 1. The molecule has 3 nitrogen and oxygen atoms in total. The number of carbonyl (C=O) groups excluding carboxylic acids is 2. The minimum atomic E-state index is -0.662. The topological polar surface area (TPSA) is 37.4 Å². The molecule has 0 fully saturated rings. The third kappa shape index (κ3) is 1.91. The quantitative estimate of drug-likeness (QED) is 0.622. The molecule has 0 bridgehead atoms. The molecule has 1 aromatic carbocycles. The molecule has 0 spiro atoms. The molecule has 1 heterocycles. The molecule has 0 N–H and O–H groups in total. The Morgan fingerprint density at radius 2 is 2.12 bits per heavy atom. The average Bonchev–Trinajstić information content (AvgIpc) is 2.51. The minimum Gasteiger partial charge on any atom is -0.300 e. The number of ketones is 1. The normalized spacial score (nSPS) is 14.9. The van der Waals surface area contributed by atoms with Crippen molar-refractivity contribution < 1.29 is 14.0 Å². The molecule has 0 atom stereocenters. The first-order chi connectivity index (χ1) is 8.06. The molecule has 2 rings (SSSR count). The van der Waals surface area contributed by atoms with E-state index in [4.69, 9.17) is 0 Å². The van der Waals surface area contributed by atoms with Crippen molar-refractivity contribution in [2.75, 3.05) is 11.4 Å². The fourth-order valence-electron chi connectivity index (χ4n) is 1.74. The third-order valence-electron chi connectivity index (χ3n) is 2.51. The second-order valence-corrected chi connectivity index (χ2v) is 4.45. The molecule has 1 aromatic rings. The van der Waals surface area contributed by atoms with Crippen LogP contribution in [0.25, 0.3) is 0 Å². The van der Waals surface area contributed by atoms with Gasteiger partial charge in [0.15, 0.2) is 0 Å². The summed E-state index contributed by atoms with van der Waals surface area (Å²) in [7, 11) is 0. The lowest BCUT2D eigenvalue weighted by atomic mass is 10.1. The van der Waals surface area contributed by atoms with E-state index in [1.165, 1.54) is 11.0 Å². The summed E-state index contributed by atoms with van der Waals surface area (Å²) in [6.45, 7) is 2.13. The van der Waals surface area contributed by atoms with Gasteiger partial charge in [-0.3, -0.25) is 14.5 Å². The van der Waals surface area contributed by atoms with E-state index in [2.05, 4.69) is 15.9 Å². The maximum absolute atomic E-state index is 13.2. The van der Waals surface area contributed by atoms with Crippen molar-refractivity contribution >= 4 is 33.3 Å². The van der Waals surface area contributed by atoms with Gasteiger partial charge in [-0.2, -0.15) is 0 Å². The molecule has 1 amide bonds. The summed E-state index contributed by atoms with van der Waals surface area (Å²) in [6.07, 6.45) is 3.54. The highest BCUT2D eigenvalue weighted by Crippen LogP contribution is 2.36. The van der Waals surface area contributed by atoms with Crippen LogP contribution in [0.2, 0.25) is 0 Å². The van der Waals surface area contributed by atoms with E-state index >= 15 is 0 Å². The van der Waals surface area contributed by atoms with Gasteiger partial charge in [0.1, 0.15) is 5.82 Å². The lowest BCUT2D eigenvalue weighted by molar-refractivity contribution is -0.114. The SMILES string of the molecule is CC=CCN1C(=O)C(=O)c2cc(F)cc(Br)c21. The fraction of sp³-hybridized carbons (Fsp3) is 0.167. The van der Waals surface area contributed by atoms with Crippen molar-refractivity contribution in [3.05, 3.63) is 40.1 Å². The van der Waals surface area contributed by atoms with Crippen molar-refractivity contribution in [2.45, 2.75) is 6.92 Å². The van der Waals surface area contributed by atoms with E-state index in [9.17, 15) is 14.0 Å². The van der Waals surface area contributed by atoms with Crippen LogP contribution in [0.1, 0.15) is 17.3 Å². The number of hydrogen-bond donors (Lipinski definition) is 0. The third-order valence-corrected chi connectivity index (χ3v) is 3.11. The Labute approximate surface area is 106 Å². The fourth-order valence-corrected chi connectivity index (χ4v) is 2.38. The maximum atomic E-state index is 13.2. The summed E-state index contributed by atoms with van der Waals surface area (Å²) in [5.41, 5.74) is 0.561. The Kier molecular flexibility index (Phi) is 3.11. The van der Waals surface area contributed by atoms with Gasteiger partial charge in [0.25, 0.3) is 11.7 Å². The van der Waals surface area contributed by atoms with E-state index in [1.807, 2.05) is 6.92 Å². The first-order valence-corrected chi connectivity index (χ1v) is 5.82. The largest absolute Gasteiger partial charge is 0.300 e.